The van der Waals surface area contributed by atoms with Gasteiger partial charge in [0.15, 0.2) is 4.90 Å². The number of hydrogen-bond donors (Lipinski definition) is 0. The molecule has 4 rings (SSSR count). The minimum absolute atomic E-state index is 0.118. The highest BCUT2D eigenvalue weighted by Gasteiger charge is 2.36. The Morgan fingerprint density at radius 1 is 1.14 bits per heavy atom. The molecule has 0 unspecified atom stereocenters. The Balaban J connectivity index is 1.52. The molecule has 2 heterocycles. The number of nitro benzene ring substituents is 1. The molecular formula is C19H20ClN3O5S. The average Bonchev–Trinajstić information content (AvgIpc) is 2.73. The molecule has 0 N–H and O–H groups in total. The van der Waals surface area contributed by atoms with Gasteiger partial charge in [-0.1, -0.05) is 23.7 Å². The predicted molar refractivity (Wildman–Crippen MR) is 108 cm³/mol. The first-order chi connectivity index (χ1) is 13.9. The summed E-state index contributed by atoms with van der Waals surface area (Å²) in [5, 5.41) is 11.9. The Morgan fingerprint density at radius 2 is 1.86 bits per heavy atom. The molecule has 0 bridgehead atoms. The van der Waals surface area contributed by atoms with E-state index in [4.69, 9.17) is 16.3 Å². The summed E-state index contributed by atoms with van der Waals surface area (Å²) in [6.45, 7) is 1.52. The first-order valence-corrected chi connectivity index (χ1v) is 11.1. The summed E-state index contributed by atoms with van der Waals surface area (Å²) < 4.78 is 33.0. The third-order valence-electron chi connectivity index (χ3n) is 5.38. The van der Waals surface area contributed by atoms with E-state index in [2.05, 4.69) is 4.90 Å². The fourth-order valence-corrected chi connectivity index (χ4v) is 5.76. The van der Waals surface area contributed by atoms with Gasteiger partial charge < -0.3 is 9.64 Å². The summed E-state index contributed by atoms with van der Waals surface area (Å²) in [5.74, 6) is 0. The molecule has 0 radical (unpaired) electrons. The number of hydrogen-bond acceptors (Lipinski definition) is 6. The van der Waals surface area contributed by atoms with Crippen molar-refractivity contribution < 1.29 is 18.1 Å². The Morgan fingerprint density at radius 3 is 2.59 bits per heavy atom. The number of sulfonamides is 1. The van der Waals surface area contributed by atoms with Crippen LogP contribution in [-0.4, -0.2) is 43.5 Å². The van der Waals surface area contributed by atoms with Crippen LogP contribution in [0.15, 0.2) is 47.4 Å². The monoisotopic (exact) mass is 437 g/mol. The molecule has 2 aromatic carbocycles. The van der Waals surface area contributed by atoms with E-state index in [-0.39, 0.29) is 10.9 Å². The van der Waals surface area contributed by atoms with Crippen LogP contribution in [0.2, 0.25) is 5.02 Å². The molecule has 2 aliphatic rings. The Labute approximate surface area is 173 Å². The van der Waals surface area contributed by atoms with Crippen molar-refractivity contribution in [3.8, 4) is 0 Å². The number of fused-ring (bicyclic) bond motifs is 1. The van der Waals surface area contributed by atoms with Crippen LogP contribution in [0.3, 0.4) is 0 Å². The fourth-order valence-electron chi connectivity index (χ4n) is 3.93. The second-order valence-electron chi connectivity index (χ2n) is 7.08. The number of piperidine rings is 1. The zero-order valence-corrected chi connectivity index (χ0v) is 17.1. The largest absolute Gasteiger partial charge is 0.356 e. The zero-order chi connectivity index (χ0) is 20.6. The van der Waals surface area contributed by atoms with Gasteiger partial charge in [0.05, 0.1) is 11.5 Å². The molecular weight excluding hydrogens is 418 g/mol. The van der Waals surface area contributed by atoms with Gasteiger partial charge in [-0.3, -0.25) is 10.1 Å². The van der Waals surface area contributed by atoms with E-state index in [9.17, 15) is 18.5 Å². The van der Waals surface area contributed by atoms with Gasteiger partial charge in [-0.25, -0.2) is 8.42 Å². The van der Waals surface area contributed by atoms with Crippen LogP contribution in [0.5, 0.6) is 0 Å². The quantitative estimate of drug-likeness (QED) is 0.537. The third-order valence-corrected chi connectivity index (χ3v) is 7.56. The maximum Gasteiger partial charge on any atom is 0.289 e. The van der Waals surface area contributed by atoms with Crippen LogP contribution in [0, 0.1) is 10.1 Å². The topological polar surface area (TPSA) is 93.0 Å². The molecule has 154 valence electrons. The standard InChI is InChI=1S/C19H20ClN3O5S/c20-15-5-6-17-14(11-15)12-28-13-22(17)16-7-9-21(10-8-16)29(26,27)19-4-2-1-3-18(19)23(24)25/h1-6,11,16H,7-10,12-13H2. The molecule has 8 nitrogen and oxygen atoms in total. The molecule has 0 aliphatic carbocycles. The number of halogens is 1. The van der Waals surface area contributed by atoms with Crippen molar-refractivity contribution in [2.24, 2.45) is 0 Å². The minimum atomic E-state index is -3.93. The lowest BCUT2D eigenvalue weighted by molar-refractivity contribution is -0.387. The number of anilines is 1. The van der Waals surface area contributed by atoms with E-state index in [1.165, 1.54) is 28.6 Å². The lowest BCUT2D eigenvalue weighted by Gasteiger charge is -2.41. The number of nitrogens with zero attached hydrogens (tertiary/aromatic N) is 3. The smallest absolute Gasteiger partial charge is 0.289 e. The van der Waals surface area contributed by atoms with E-state index in [0.29, 0.717) is 44.3 Å². The van der Waals surface area contributed by atoms with Gasteiger partial charge in [0.2, 0.25) is 10.0 Å². The van der Waals surface area contributed by atoms with E-state index >= 15 is 0 Å². The van der Waals surface area contributed by atoms with Gasteiger partial charge in [-0.2, -0.15) is 4.31 Å². The number of rotatable bonds is 4. The second-order valence-corrected chi connectivity index (χ2v) is 9.42. The van der Waals surface area contributed by atoms with E-state index in [1.54, 1.807) is 0 Å². The summed E-state index contributed by atoms with van der Waals surface area (Å²) in [6, 6.07) is 11.3. The van der Waals surface area contributed by atoms with Crippen molar-refractivity contribution in [2.45, 2.75) is 30.4 Å². The van der Waals surface area contributed by atoms with Crippen LogP contribution < -0.4 is 4.90 Å². The lowest BCUT2D eigenvalue weighted by atomic mass is 10.0. The van der Waals surface area contributed by atoms with E-state index in [0.717, 1.165) is 11.3 Å². The molecule has 0 atom stereocenters. The van der Waals surface area contributed by atoms with Gasteiger partial charge in [0.25, 0.3) is 5.69 Å². The van der Waals surface area contributed by atoms with Crippen molar-refractivity contribution in [2.75, 3.05) is 24.7 Å². The SMILES string of the molecule is O=[N+]([O-])c1ccccc1S(=O)(=O)N1CCC(N2COCc3cc(Cl)ccc32)CC1. The number of nitro groups is 1. The highest BCUT2D eigenvalue weighted by molar-refractivity contribution is 7.89. The highest BCUT2D eigenvalue weighted by Crippen LogP contribution is 2.34. The number of benzene rings is 2. The summed E-state index contributed by atoms with van der Waals surface area (Å²) >= 11 is 6.08. The second kappa shape index (κ2) is 7.91. The summed E-state index contributed by atoms with van der Waals surface area (Å²) in [6.07, 6.45) is 1.20. The molecule has 1 saturated heterocycles. The van der Waals surface area contributed by atoms with Crippen molar-refractivity contribution in [1.29, 1.82) is 0 Å². The molecule has 10 heteroatoms. The van der Waals surface area contributed by atoms with Crippen molar-refractivity contribution in [1.82, 2.24) is 4.31 Å². The molecule has 0 saturated carbocycles. The first kappa shape index (κ1) is 20.1. The number of para-hydroxylation sites is 1. The van der Waals surface area contributed by atoms with Gasteiger partial charge in [0.1, 0.15) is 6.73 Å². The van der Waals surface area contributed by atoms with E-state index in [1.807, 2.05) is 18.2 Å². The zero-order valence-electron chi connectivity index (χ0n) is 15.5. The molecule has 2 aliphatic heterocycles. The Hall–Kier alpha value is -2.20. The average molecular weight is 438 g/mol. The van der Waals surface area contributed by atoms with Crippen molar-refractivity contribution in [3.63, 3.8) is 0 Å². The van der Waals surface area contributed by atoms with Gasteiger partial charge >= 0.3 is 0 Å². The summed E-state index contributed by atoms with van der Waals surface area (Å²) in [5.41, 5.74) is 1.67. The summed E-state index contributed by atoms with van der Waals surface area (Å²) in [7, 11) is -3.93. The molecule has 0 amide bonds. The lowest BCUT2D eigenvalue weighted by Crippen LogP contribution is -2.48. The molecule has 0 spiro atoms. The Kier molecular flexibility index (Phi) is 5.48. The van der Waals surface area contributed by atoms with Gasteiger partial charge in [0, 0.05) is 41.5 Å². The van der Waals surface area contributed by atoms with Gasteiger partial charge in [-0.05, 0) is 37.1 Å². The first-order valence-electron chi connectivity index (χ1n) is 9.24. The maximum absolute atomic E-state index is 13.0. The van der Waals surface area contributed by atoms with Crippen molar-refractivity contribution in [3.05, 3.63) is 63.2 Å². The fraction of sp³-hybridized carbons (Fsp3) is 0.368. The molecule has 0 aromatic heterocycles. The van der Waals surface area contributed by atoms with Crippen LogP contribution in [-0.2, 0) is 21.4 Å². The van der Waals surface area contributed by atoms with E-state index < -0.39 is 20.6 Å². The molecule has 2 aromatic rings. The normalized spacial score (nSPS) is 18.4. The predicted octanol–water partition coefficient (Wildman–Crippen LogP) is 3.40. The number of ether oxygens (including phenoxy) is 1. The van der Waals surface area contributed by atoms with Crippen LogP contribution in [0.25, 0.3) is 0 Å². The van der Waals surface area contributed by atoms with Crippen molar-refractivity contribution >= 4 is 33.0 Å². The highest BCUT2D eigenvalue weighted by atomic mass is 35.5. The van der Waals surface area contributed by atoms with Gasteiger partial charge in [-0.15, -0.1) is 0 Å². The minimum Gasteiger partial charge on any atom is -0.356 e. The molecule has 1 fully saturated rings. The molecule has 29 heavy (non-hydrogen) atoms. The third kappa shape index (κ3) is 3.83. The summed E-state index contributed by atoms with van der Waals surface area (Å²) in [4.78, 5) is 12.5. The maximum atomic E-state index is 13.0. The van der Waals surface area contributed by atoms with Crippen LogP contribution in [0.1, 0.15) is 18.4 Å². The van der Waals surface area contributed by atoms with Crippen LogP contribution in [0.4, 0.5) is 11.4 Å². The Bertz CT molecular complexity index is 1040. The van der Waals surface area contributed by atoms with Crippen LogP contribution >= 0.6 is 11.6 Å².